The van der Waals surface area contributed by atoms with Gasteiger partial charge in [-0.1, -0.05) is 521 Å². The van der Waals surface area contributed by atoms with Gasteiger partial charge in [-0.3, -0.25) is 0 Å². The van der Waals surface area contributed by atoms with Crippen LogP contribution in [-0.4, -0.2) is 34.3 Å². The highest BCUT2D eigenvalue weighted by molar-refractivity contribution is 9.11. The molecular formula is C128H89B2Br3O4. The van der Waals surface area contributed by atoms with Crippen LogP contribution in [0.2, 0.25) is 0 Å². The molecule has 0 radical (unpaired) electrons. The van der Waals surface area contributed by atoms with Crippen molar-refractivity contribution >= 4 is 159 Å². The molecule has 137 heavy (non-hydrogen) atoms. The molecule has 0 fully saturated rings. The summed E-state index contributed by atoms with van der Waals surface area (Å²) in [6.07, 6.45) is 0. The Morgan fingerprint density at radius 3 is 0.620 bits per heavy atom. The first-order chi connectivity index (χ1) is 67.4. The summed E-state index contributed by atoms with van der Waals surface area (Å²) >= 11 is 11.3. The van der Waals surface area contributed by atoms with Crippen LogP contribution >= 0.6 is 47.8 Å². The molecule has 0 amide bonds. The molecule has 24 aromatic carbocycles. The van der Waals surface area contributed by atoms with Crippen LogP contribution in [0.4, 0.5) is 0 Å². The Morgan fingerprint density at radius 1 is 0.131 bits per heavy atom. The second-order valence-corrected chi connectivity index (χ2v) is 36.6. The van der Waals surface area contributed by atoms with Gasteiger partial charge in [-0.05, 0) is 245 Å². The van der Waals surface area contributed by atoms with Gasteiger partial charge in [0.2, 0.25) is 0 Å². The first-order valence-corrected chi connectivity index (χ1v) is 48.2. The predicted molar refractivity (Wildman–Crippen MR) is 595 cm³/mol. The molecule has 9 heteroatoms. The van der Waals surface area contributed by atoms with Gasteiger partial charge in [-0.25, -0.2) is 0 Å². The first kappa shape index (κ1) is 89.6. The number of hydrogen-bond donors (Lipinski definition) is 4. The largest absolute Gasteiger partial charge is 0.488 e. The Balaban J connectivity index is 0.000000113. The molecule has 4 N–H and O–H groups in total. The van der Waals surface area contributed by atoms with Gasteiger partial charge < -0.3 is 20.1 Å². The van der Waals surface area contributed by atoms with Crippen LogP contribution in [0, 0.1) is 0 Å². The normalized spacial score (nSPS) is 11.0. The molecule has 0 aliphatic heterocycles. The maximum Gasteiger partial charge on any atom is 0.488 e. The fourth-order valence-electron chi connectivity index (χ4n) is 18.8. The second kappa shape index (κ2) is 41.3. The van der Waals surface area contributed by atoms with E-state index in [0.29, 0.717) is 10.9 Å². The molecule has 24 rings (SSSR count). The van der Waals surface area contributed by atoms with Gasteiger partial charge in [0.05, 0.1) is 0 Å². The van der Waals surface area contributed by atoms with E-state index in [1.807, 2.05) is 54.6 Å². The molecule has 0 heterocycles. The lowest BCUT2D eigenvalue weighted by molar-refractivity contribution is 0.424. The van der Waals surface area contributed by atoms with Gasteiger partial charge in [0.15, 0.2) is 0 Å². The highest BCUT2D eigenvalue weighted by Crippen LogP contribution is 2.49. The summed E-state index contributed by atoms with van der Waals surface area (Å²) in [5.41, 5.74) is 27.9. The summed E-state index contributed by atoms with van der Waals surface area (Å²) in [6, 6.07) is 181. The van der Waals surface area contributed by atoms with Crippen molar-refractivity contribution in [2.24, 2.45) is 0 Å². The predicted octanol–water partition coefficient (Wildman–Crippen LogP) is 33.6. The van der Waals surface area contributed by atoms with Gasteiger partial charge in [-0.15, -0.1) is 0 Å². The maximum atomic E-state index is 9.08. The van der Waals surface area contributed by atoms with E-state index in [-0.39, 0.29) is 0 Å². The summed E-state index contributed by atoms with van der Waals surface area (Å²) in [4.78, 5) is 0. The fourth-order valence-corrected chi connectivity index (χ4v) is 20.5. The zero-order valence-electron chi connectivity index (χ0n) is 74.7. The van der Waals surface area contributed by atoms with Crippen LogP contribution in [0.3, 0.4) is 0 Å². The van der Waals surface area contributed by atoms with E-state index >= 15 is 0 Å². The number of hydrogen-bond acceptors (Lipinski definition) is 4. The molecule has 0 spiro atoms. The minimum Gasteiger partial charge on any atom is -0.423 e. The summed E-state index contributed by atoms with van der Waals surface area (Å²) < 4.78 is 3.34. The summed E-state index contributed by atoms with van der Waals surface area (Å²) in [6.45, 7) is 0. The van der Waals surface area contributed by atoms with Gasteiger partial charge in [-0.2, -0.15) is 0 Å². The smallest absolute Gasteiger partial charge is 0.423 e. The van der Waals surface area contributed by atoms with E-state index in [4.69, 9.17) is 20.1 Å². The van der Waals surface area contributed by atoms with Crippen molar-refractivity contribution in [3.05, 3.63) is 529 Å². The summed E-state index contributed by atoms with van der Waals surface area (Å²) in [5, 5.41) is 55.6. The molecule has 0 aliphatic carbocycles. The summed E-state index contributed by atoms with van der Waals surface area (Å²) in [7, 11) is -2.80. The van der Waals surface area contributed by atoms with Gasteiger partial charge in [0.1, 0.15) is 0 Å². The zero-order chi connectivity index (χ0) is 93.1. The Bertz CT molecular complexity index is 8380. The monoisotopic (exact) mass is 1950 g/mol. The van der Waals surface area contributed by atoms with Crippen molar-refractivity contribution in [3.8, 4) is 122 Å². The highest BCUT2D eigenvalue weighted by atomic mass is 79.9. The Labute approximate surface area is 823 Å². The third kappa shape index (κ3) is 19.6. The number of fused-ring (bicyclic) bond motifs is 8. The Morgan fingerprint density at radius 2 is 0.328 bits per heavy atom. The molecule has 0 atom stereocenters. The van der Waals surface area contributed by atoms with E-state index in [2.05, 4.69) is 485 Å². The molecular weight excluding hydrogens is 1860 g/mol. The average Bonchev–Trinajstić information content (AvgIpc) is 0.734. The van der Waals surface area contributed by atoms with E-state index in [1.165, 1.54) is 187 Å². The van der Waals surface area contributed by atoms with Gasteiger partial charge >= 0.3 is 14.2 Å². The van der Waals surface area contributed by atoms with Crippen LogP contribution in [0.5, 0.6) is 0 Å². The van der Waals surface area contributed by atoms with Crippen molar-refractivity contribution in [1.29, 1.82) is 0 Å². The molecule has 0 unspecified atom stereocenters. The van der Waals surface area contributed by atoms with Crippen molar-refractivity contribution < 1.29 is 20.1 Å². The minimum absolute atomic E-state index is 0.504. The van der Waals surface area contributed by atoms with Crippen LogP contribution in [0.25, 0.3) is 209 Å². The second-order valence-electron chi connectivity index (χ2n) is 34.0. The molecule has 24 aromatic rings. The molecule has 0 bridgehead atoms. The van der Waals surface area contributed by atoms with Crippen LogP contribution < -0.4 is 10.9 Å². The van der Waals surface area contributed by atoms with E-state index in [0.717, 1.165) is 35.3 Å². The molecule has 0 saturated carbocycles. The lowest BCUT2D eigenvalue weighted by atomic mass is 9.79. The highest BCUT2D eigenvalue weighted by Gasteiger charge is 2.23. The Hall–Kier alpha value is -15.2. The van der Waals surface area contributed by atoms with Crippen LogP contribution in [0.1, 0.15) is 0 Å². The molecule has 0 saturated heterocycles. The fraction of sp³-hybridized carbons (Fsp3) is 0. The van der Waals surface area contributed by atoms with E-state index in [1.54, 1.807) is 24.3 Å². The number of benzene rings is 24. The SMILES string of the molecule is Brc1ccc2c(-c3ccccc3)c(-c3ccc4ccccc4c3)ccc2c1-c1ccccc1.Brc1ccc2c(-c3ccccc3)c(Br)ccc2c1-c1ccccc1.OB(O)c1ccc(-c2ccc3ccccc3c2)cc1.OB(O)c1ccc2ccccc2c1.c1ccc(-c2c(-c3ccc(-c4ccc5ccccc5c4)cc3)ccc3c(-c4ccccc4)c(-c4ccc5ccccc5c4)ccc23)cc1. The number of rotatable bonds is 13. The third-order valence-corrected chi connectivity index (χ3v) is 27.6. The first-order valence-electron chi connectivity index (χ1n) is 45.8. The molecule has 4 nitrogen and oxygen atoms in total. The average molecular weight is 1950 g/mol. The quantitative estimate of drug-likeness (QED) is 0.0867. The Kier molecular flexibility index (Phi) is 27.0. The van der Waals surface area contributed by atoms with Crippen molar-refractivity contribution in [2.45, 2.75) is 0 Å². The van der Waals surface area contributed by atoms with Crippen molar-refractivity contribution in [2.75, 3.05) is 0 Å². The minimum atomic E-state index is -1.41. The van der Waals surface area contributed by atoms with Gasteiger partial charge in [0.25, 0.3) is 0 Å². The topological polar surface area (TPSA) is 80.9 Å². The summed E-state index contributed by atoms with van der Waals surface area (Å²) in [5.74, 6) is 0. The maximum absolute atomic E-state index is 9.08. The van der Waals surface area contributed by atoms with Gasteiger partial charge in [0, 0.05) is 30.1 Å². The molecule has 0 aliphatic rings. The lowest BCUT2D eigenvalue weighted by Crippen LogP contribution is -2.29. The zero-order valence-corrected chi connectivity index (χ0v) is 79.4. The van der Waals surface area contributed by atoms with Crippen LogP contribution in [0.15, 0.2) is 529 Å². The van der Waals surface area contributed by atoms with Crippen LogP contribution in [-0.2, 0) is 0 Å². The van der Waals surface area contributed by atoms with Crippen molar-refractivity contribution in [1.82, 2.24) is 0 Å². The van der Waals surface area contributed by atoms with E-state index in [9.17, 15) is 0 Å². The number of halogens is 3. The molecule has 0 aromatic heterocycles. The standard InChI is InChI=1S/C48H32.C32H21Br.C22H14Br2.C16H13BO2.C10H9BO2/c1-3-13-37(14-4-1)47-43(36-23-19-35(20-24-36)41-25-21-33-11-7-9-17-39(33)31-41)27-29-46-45(47)30-28-44(48(46)38-15-5-2-6-16-38)42-26-22-34-12-8-10-18-40(34)32-42;33-30-20-19-28-29(32(30)24-12-5-2-6-13-24)18-17-27(31(28)23-10-3-1-4-11-23)26-16-15-22-9-7-8-14-25(22)21-26;23-19-13-12-18-17(21(19)15-7-3-1-4-8-15)11-14-20(24)22(18)16-9-5-2-6-10-16;18-17(19)16-9-7-13(8-10-16)15-6-5-12-3-1-2-4-14(12)11-15;12-11(13)10-6-5-8-3-1-2-4-9(8)7-10/h1-32H;1-21H;1-14H;1-11,18-19H;1-7,12-13H. The molecule has 652 valence electrons. The lowest BCUT2D eigenvalue weighted by Gasteiger charge is -2.20. The van der Waals surface area contributed by atoms with Crippen molar-refractivity contribution in [3.63, 3.8) is 0 Å². The van der Waals surface area contributed by atoms with E-state index < -0.39 is 14.2 Å². The third-order valence-electron chi connectivity index (χ3n) is 25.6.